The van der Waals surface area contributed by atoms with Crippen LogP contribution in [0, 0.1) is 16.7 Å². The SMILES string of the molecule is CCC1(OC(=O)C(I)C2N[I-]2)CC2CCC1(C)C2(C)C. The van der Waals surface area contributed by atoms with Gasteiger partial charge in [-0.05, 0) is 0 Å². The number of alkyl halides is 2. The first kappa shape index (κ1) is 15.8. The van der Waals surface area contributed by atoms with E-state index in [9.17, 15) is 4.79 Å². The molecule has 3 aliphatic rings. The van der Waals surface area contributed by atoms with Gasteiger partial charge in [-0.15, -0.1) is 0 Å². The second-order valence-electron chi connectivity index (χ2n) is 7.28. The van der Waals surface area contributed by atoms with Crippen molar-refractivity contribution in [1.82, 2.24) is 3.53 Å². The monoisotopic (exact) mass is 504 g/mol. The Kier molecular flexibility index (Phi) is 3.90. The van der Waals surface area contributed by atoms with Crippen molar-refractivity contribution in [3.63, 3.8) is 0 Å². The summed E-state index contributed by atoms with van der Waals surface area (Å²) in [5.41, 5.74) is 0.194. The Morgan fingerprint density at radius 2 is 2.15 bits per heavy atom. The molecular formula is C15H24I2NO2-. The van der Waals surface area contributed by atoms with Gasteiger partial charge in [0.1, 0.15) is 0 Å². The molecule has 0 spiro atoms. The van der Waals surface area contributed by atoms with Gasteiger partial charge in [-0.3, -0.25) is 0 Å². The second kappa shape index (κ2) is 4.94. The van der Waals surface area contributed by atoms with Crippen LogP contribution in [0.5, 0.6) is 0 Å². The van der Waals surface area contributed by atoms with E-state index in [-0.39, 0.29) is 47.8 Å². The van der Waals surface area contributed by atoms with Gasteiger partial charge in [0.15, 0.2) is 0 Å². The maximum atomic E-state index is 12.5. The van der Waals surface area contributed by atoms with E-state index < -0.39 is 0 Å². The van der Waals surface area contributed by atoms with Crippen LogP contribution in [0.15, 0.2) is 0 Å². The summed E-state index contributed by atoms with van der Waals surface area (Å²) in [5.74, 6) is 0.728. The Balaban J connectivity index is 1.84. The van der Waals surface area contributed by atoms with Crippen LogP contribution in [0.2, 0.25) is 0 Å². The molecule has 5 unspecified atom stereocenters. The molecule has 5 heteroatoms. The minimum atomic E-state index is -0.229. The summed E-state index contributed by atoms with van der Waals surface area (Å²) in [6, 6.07) is 0. The van der Waals surface area contributed by atoms with Crippen LogP contribution >= 0.6 is 22.6 Å². The average molecular weight is 504 g/mol. The standard InChI is InChI=1S/C15H24I2NO2/c1-5-15(20-12(19)10(16)11-17-18-11)8-9-6-7-14(15,4)13(9,2)3/h9-11,18H,5-8H2,1-4H3/q-1. The van der Waals surface area contributed by atoms with Crippen molar-refractivity contribution in [1.29, 1.82) is 0 Å². The van der Waals surface area contributed by atoms with Gasteiger partial charge in [-0.2, -0.15) is 0 Å². The van der Waals surface area contributed by atoms with Crippen molar-refractivity contribution >= 4 is 28.6 Å². The van der Waals surface area contributed by atoms with Crippen LogP contribution in [0.1, 0.15) is 53.4 Å². The van der Waals surface area contributed by atoms with Crippen LogP contribution in [-0.2, 0) is 9.53 Å². The van der Waals surface area contributed by atoms with Crippen molar-refractivity contribution in [2.45, 2.75) is 67.0 Å². The predicted octanol–water partition coefficient (Wildman–Crippen LogP) is 0.262. The molecule has 0 radical (unpaired) electrons. The van der Waals surface area contributed by atoms with Crippen LogP contribution in [0.4, 0.5) is 0 Å². The first-order chi connectivity index (χ1) is 9.27. The number of carbonyl (C=O) groups is 1. The summed E-state index contributed by atoms with van der Waals surface area (Å²) in [5, 5.41) is 0. The molecule has 1 saturated heterocycles. The Morgan fingerprint density at radius 3 is 2.55 bits per heavy atom. The van der Waals surface area contributed by atoms with Crippen molar-refractivity contribution in [2.24, 2.45) is 16.7 Å². The van der Waals surface area contributed by atoms with Gasteiger partial charge >= 0.3 is 147 Å². The van der Waals surface area contributed by atoms with E-state index in [0.29, 0.717) is 9.97 Å². The van der Waals surface area contributed by atoms with Gasteiger partial charge in [0.2, 0.25) is 0 Å². The Bertz CT molecular complexity index is 438. The number of carbonyl (C=O) groups excluding carboxylic acids is 1. The predicted molar refractivity (Wildman–Crippen MR) is 83.1 cm³/mol. The van der Waals surface area contributed by atoms with E-state index in [1.807, 2.05) is 0 Å². The Hall–Kier alpha value is 0.890. The first-order valence-electron chi connectivity index (χ1n) is 7.52. The quantitative estimate of drug-likeness (QED) is 0.149. The molecule has 0 amide bonds. The van der Waals surface area contributed by atoms with Crippen molar-refractivity contribution in [3.8, 4) is 0 Å². The fourth-order valence-electron chi connectivity index (χ4n) is 4.67. The third-order valence-electron chi connectivity index (χ3n) is 6.60. The fourth-order valence-corrected chi connectivity index (χ4v) is 7.75. The number of esters is 1. The summed E-state index contributed by atoms with van der Waals surface area (Å²) in [6.45, 7) is 9.32. The third kappa shape index (κ3) is 2.01. The number of halogens is 2. The van der Waals surface area contributed by atoms with E-state index in [1.165, 1.54) is 12.8 Å². The van der Waals surface area contributed by atoms with E-state index in [2.05, 4.69) is 53.8 Å². The summed E-state index contributed by atoms with van der Waals surface area (Å²) in [6.07, 6.45) is 4.51. The molecule has 20 heavy (non-hydrogen) atoms. The molecule has 0 aromatic rings. The molecule has 2 saturated carbocycles. The molecule has 0 aromatic carbocycles. The summed E-state index contributed by atoms with van der Waals surface area (Å²) < 4.78 is 10.00. The fraction of sp³-hybridized carbons (Fsp3) is 0.933. The molecule has 1 heterocycles. The van der Waals surface area contributed by atoms with Crippen LogP contribution < -0.4 is 25.0 Å². The van der Waals surface area contributed by atoms with E-state index in [0.717, 1.165) is 12.8 Å². The van der Waals surface area contributed by atoms with Gasteiger partial charge in [0.05, 0.1) is 0 Å². The first-order valence-corrected chi connectivity index (χ1v) is 11.1. The summed E-state index contributed by atoms with van der Waals surface area (Å²) in [7, 11) is 0. The van der Waals surface area contributed by atoms with Crippen molar-refractivity contribution in [3.05, 3.63) is 0 Å². The normalized spacial score (nSPS) is 46.6. The summed E-state index contributed by atoms with van der Waals surface area (Å²) in [4.78, 5) is 12.5. The number of hydrogen-bond acceptors (Lipinski definition) is 3. The maximum absolute atomic E-state index is 12.5. The zero-order chi connectivity index (χ0) is 14.8. The molecule has 3 nitrogen and oxygen atoms in total. The van der Waals surface area contributed by atoms with Gasteiger partial charge in [0.25, 0.3) is 0 Å². The van der Waals surface area contributed by atoms with E-state index in [4.69, 9.17) is 4.74 Å². The van der Waals surface area contributed by atoms with Crippen LogP contribution in [0.3, 0.4) is 0 Å². The number of fused-ring (bicyclic) bond motifs is 2. The van der Waals surface area contributed by atoms with E-state index >= 15 is 0 Å². The molecular weight excluding hydrogens is 480 g/mol. The van der Waals surface area contributed by atoms with E-state index in [1.54, 1.807) is 0 Å². The summed E-state index contributed by atoms with van der Waals surface area (Å²) >= 11 is 2.33. The Labute approximate surface area is 146 Å². The number of rotatable bonds is 4. The molecule has 3 rings (SSSR count). The van der Waals surface area contributed by atoms with Gasteiger partial charge in [-0.1, -0.05) is 0 Å². The molecule has 2 aliphatic carbocycles. The number of nitrogens with one attached hydrogen (secondary N) is 1. The van der Waals surface area contributed by atoms with Crippen LogP contribution in [-0.4, -0.2) is 19.5 Å². The average Bonchev–Trinajstić information content (AvgIpc) is 3.19. The molecule has 1 aliphatic heterocycles. The zero-order valence-corrected chi connectivity index (χ0v) is 16.9. The second-order valence-corrected chi connectivity index (χ2v) is 11.2. The van der Waals surface area contributed by atoms with Crippen molar-refractivity contribution < 1.29 is 31.0 Å². The molecule has 0 aromatic heterocycles. The van der Waals surface area contributed by atoms with Gasteiger partial charge in [0, 0.05) is 0 Å². The molecule has 2 bridgehead atoms. The van der Waals surface area contributed by atoms with Gasteiger partial charge < -0.3 is 0 Å². The minimum absolute atomic E-state index is 0.00895. The number of ether oxygens (including phenoxy) is 1. The molecule has 5 atom stereocenters. The van der Waals surface area contributed by atoms with Gasteiger partial charge in [-0.25, -0.2) is 0 Å². The molecule has 116 valence electrons. The zero-order valence-electron chi connectivity index (χ0n) is 12.6. The molecule has 3 fully saturated rings. The molecule has 1 N–H and O–H groups in total. The van der Waals surface area contributed by atoms with Crippen LogP contribution in [0.25, 0.3) is 0 Å². The number of hydrogen-bond donors (Lipinski definition) is 1. The topological polar surface area (TPSA) is 48.2 Å². The third-order valence-corrected chi connectivity index (χ3v) is 11.3. The van der Waals surface area contributed by atoms with Crippen molar-refractivity contribution in [2.75, 3.05) is 0 Å². The Morgan fingerprint density at radius 1 is 1.50 bits per heavy atom.